The van der Waals surface area contributed by atoms with Gasteiger partial charge in [-0.15, -0.1) is 0 Å². The van der Waals surface area contributed by atoms with E-state index >= 15 is 0 Å². The second kappa shape index (κ2) is 6.39. The highest BCUT2D eigenvalue weighted by molar-refractivity contribution is 7.89. The van der Waals surface area contributed by atoms with Gasteiger partial charge in [0.15, 0.2) is 0 Å². The van der Waals surface area contributed by atoms with Gasteiger partial charge in [-0.1, -0.05) is 60.7 Å². The second-order valence-corrected chi connectivity index (χ2v) is 9.26. The summed E-state index contributed by atoms with van der Waals surface area (Å²) in [4.78, 5) is -0.597. The lowest BCUT2D eigenvalue weighted by atomic mass is 9.94. The minimum Gasteiger partial charge on any atom is -0.282 e. The Balaban J connectivity index is 2.34. The van der Waals surface area contributed by atoms with Crippen molar-refractivity contribution < 1.29 is 21.4 Å². The fourth-order valence-corrected chi connectivity index (χ4v) is 4.94. The average molecular weight is 413 g/mol. The van der Waals surface area contributed by atoms with Crippen LogP contribution in [0.3, 0.4) is 0 Å². The third-order valence-electron chi connectivity index (χ3n) is 4.62. The standard InChI is InChI=1S/C20H15NO5S2/c21-27(22,23)17-11-9-13-5-1-3-7-15(13)19(17)20-16-8-4-2-6-14(16)10-12-18(20)28(24,25)26/h1-12H,(H2,21,22,23)(H,24,25,26). The van der Waals surface area contributed by atoms with Crippen molar-refractivity contribution in [1.82, 2.24) is 0 Å². The fraction of sp³-hybridized carbons (Fsp3) is 0. The smallest absolute Gasteiger partial charge is 0.282 e. The lowest BCUT2D eigenvalue weighted by molar-refractivity contribution is 0.483. The van der Waals surface area contributed by atoms with Crippen LogP contribution in [0, 0.1) is 0 Å². The summed E-state index contributed by atoms with van der Waals surface area (Å²) < 4.78 is 58.8. The van der Waals surface area contributed by atoms with Crippen molar-refractivity contribution in [1.29, 1.82) is 0 Å². The maximum Gasteiger partial charge on any atom is 0.295 e. The molecule has 0 saturated carbocycles. The summed E-state index contributed by atoms with van der Waals surface area (Å²) in [7, 11) is -8.82. The molecule has 0 heterocycles. The highest BCUT2D eigenvalue weighted by Gasteiger charge is 2.26. The molecule has 28 heavy (non-hydrogen) atoms. The Labute approximate surface area is 162 Å². The van der Waals surface area contributed by atoms with E-state index in [9.17, 15) is 21.4 Å². The molecular weight excluding hydrogens is 398 g/mol. The third kappa shape index (κ3) is 3.06. The van der Waals surface area contributed by atoms with Gasteiger partial charge >= 0.3 is 0 Å². The SMILES string of the molecule is NS(=O)(=O)c1ccc2ccccc2c1-c1c(S(=O)(=O)O)ccc2ccccc12. The quantitative estimate of drug-likeness (QED) is 0.499. The molecule has 0 atom stereocenters. The van der Waals surface area contributed by atoms with Crippen LogP contribution in [-0.2, 0) is 20.1 Å². The van der Waals surface area contributed by atoms with E-state index in [0.717, 1.165) is 0 Å². The number of hydrogen-bond donors (Lipinski definition) is 2. The predicted molar refractivity (Wildman–Crippen MR) is 108 cm³/mol. The number of benzene rings is 4. The Bertz CT molecular complexity index is 1350. The molecule has 0 aliphatic rings. The van der Waals surface area contributed by atoms with E-state index < -0.39 is 20.1 Å². The van der Waals surface area contributed by atoms with Crippen molar-refractivity contribution in [2.24, 2.45) is 5.14 Å². The molecule has 0 spiro atoms. The van der Waals surface area contributed by atoms with Gasteiger partial charge in [-0.2, -0.15) is 8.42 Å². The summed E-state index contributed by atoms with van der Waals surface area (Å²) in [5, 5.41) is 7.84. The van der Waals surface area contributed by atoms with E-state index in [1.807, 2.05) is 0 Å². The average Bonchev–Trinajstić information content (AvgIpc) is 2.64. The van der Waals surface area contributed by atoms with Crippen molar-refractivity contribution in [3.8, 4) is 11.1 Å². The highest BCUT2D eigenvalue weighted by atomic mass is 32.2. The number of primary sulfonamides is 1. The van der Waals surface area contributed by atoms with Gasteiger partial charge < -0.3 is 0 Å². The van der Waals surface area contributed by atoms with Crippen LogP contribution in [0.25, 0.3) is 32.7 Å². The number of nitrogens with two attached hydrogens (primary N) is 1. The Morgan fingerprint density at radius 1 is 0.607 bits per heavy atom. The molecule has 0 aliphatic heterocycles. The zero-order valence-corrected chi connectivity index (χ0v) is 16.0. The summed E-state index contributed by atoms with van der Waals surface area (Å²) in [5.41, 5.74) is 0.242. The van der Waals surface area contributed by atoms with Crippen LogP contribution in [-0.4, -0.2) is 21.4 Å². The van der Waals surface area contributed by atoms with E-state index in [4.69, 9.17) is 5.14 Å². The van der Waals surface area contributed by atoms with Crippen LogP contribution in [0.15, 0.2) is 82.6 Å². The maximum absolute atomic E-state index is 12.3. The van der Waals surface area contributed by atoms with Crippen molar-refractivity contribution in [3.05, 3.63) is 72.8 Å². The summed E-state index contributed by atoms with van der Waals surface area (Å²) >= 11 is 0. The van der Waals surface area contributed by atoms with Gasteiger partial charge in [-0.05, 0) is 33.7 Å². The largest absolute Gasteiger partial charge is 0.295 e. The van der Waals surface area contributed by atoms with Crippen LogP contribution in [0.5, 0.6) is 0 Å². The van der Waals surface area contributed by atoms with Gasteiger partial charge in [0.1, 0.15) is 4.90 Å². The van der Waals surface area contributed by atoms with Crippen LogP contribution in [0.2, 0.25) is 0 Å². The van der Waals surface area contributed by atoms with Gasteiger partial charge in [-0.25, -0.2) is 13.6 Å². The second-order valence-electron chi connectivity index (χ2n) is 6.34. The van der Waals surface area contributed by atoms with Crippen LogP contribution in [0.1, 0.15) is 0 Å². The molecule has 4 aromatic rings. The van der Waals surface area contributed by atoms with Crippen LogP contribution < -0.4 is 5.14 Å². The van der Waals surface area contributed by atoms with Crippen molar-refractivity contribution in [2.75, 3.05) is 0 Å². The Morgan fingerprint density at radius 2 is 1.04 bits per heavy atom. The predicted octanol–water partition coefficient (Wildman–Crippen LogP) is 3.55. The topological polar surface area (TPSA) is 115 Å². The first-order valence-electron chi connectivity index (χ1n) is 8.22. The molecule has 0 fully saturated rings. The van der Waals surface area contributed by atoms with Gasteiger partial charge in [0.25, 0.3) is 10.1 Å². The molecule has 3 N–H and O–H groups in total. The van der Waals surface area contributed by atoms with Crippen molar-refractivity contribution >= 4 is 41.7 Å². The molecule has 0 aromatic heterocycles. The lowest BCUT2D eigenvalue weighted by Gasteiger charge is -2.17. The normalized spacial score (nSPS) is 12.5. The number of hydrogen-bond acceptors (Lipinski definition) is 4. The summed E-state index contributed by atoms with van der Waals surface area (Å²) in [6, 6.07) is 19.7. The van der Waals surface area contributed by atoms with Gasteiger partial charge in [0.05, 0.1) is 4.90 Å². The molecule has 4 rings (SSSR count). The minimum absolute atomic E-state index is 0.0985. The Kier molecular flexibility index (Phi) is 4.24. The number of sulfonamides is 1. The van der Waals surface area contributed by atoms with Crippen molar-refractivity contribution in [2.45, 2.75) is 9.79 Å². The maximum atomic E-state index is 12.3. The minimum atomic E-state index is -4.64. The van der Waals surface area contributed by atoms with Gasteiger partial charge in [0, 0.05) is 11.1 Å². The van der Waals surface area contributed by atoms with E-state index in [0.29, 0.717) is 21.5 Å². The lowest BCUT2D eigenvalue weighted by Crippen LogP contribution is -2.14. The van der Waals surface area contributed by atoms with Gasteiger partial charge in [-0.3, -0.25) is 4.55 Å². The first-order chi connectivity index (χ1) is 13.2. The third-order valence-corrected chi connectivity index (χ3v) is 6.47. The zero-order chi connectivity index (χ0) is 20.1. The fourth-order valence-electron chi connectivity index (χ4n) is 3.47. The molecule has 4 aromatic carbocycles. The van der Waals surface area contributed by atoms with E-state index in [1.165, 1.54) is 12.1 Å². The molecule has 6 nitrogen and oxygen atoms in total. The molecule has 142 valence electrons. The van der Waals surface area contributed by atoms with E-state index in [1.54, 1.807) is 60.7 Å². The van der Waals surface area contributed by atoms with Crippen LogP contribution in [0.4, 0.5) is 0 Å². The van der Waals surface area contributed by atoms with Gasteiger partial charge in [0.2, 0.25) is 10.0 Å². The zero-order valence-electron chi connectivity index (χ0n) is 14.4. The summed E-state index contributed by atoms with van der Waals surface area (Å²) in [6.07, 6.45) is 0. The molecule has 0 aliphatic carbocycles. The van der Waals surface area contributed by atoms with Crippen LogP contribution >= 0.6 is 0 Å². The molecule has 0 saturated heterocycles. The Hall–Kier alpha value is -2.78. The first kappa shape index (κ1) is 18.6. The summed E-state index contributed by atoms with van der Waals surface area (Å²) in [6.45, 7) is 0. The molecular formula is C20H15NO5S2. The molecule has 8 heteroatoms. The number of rotatable bonds is 3. The van der Waals surface area contributed by atoms with E-state index in [-0.39, 0.29) is 20.9 Å². The monoisotopic (exact) mass is 413 g/mol. The highest BCUT2D eigenvalue weighted by Crippen LogP contribution is 2.41. The number of fused-ring (bicyclic) bond motifs is 2. The van der Waals surface area contributed by atoms with E-state index in [2.05, 4.69) is 0 Å². The van der Waals surface area contributed by atoms with Crippen molar-refractivity contribution in [3.63, 3.8) is 0 Å². The molecule has 0 amide bonds. The molecule has 0 unspecified atom stereocenters. The first-order valence-corrected chi connectivity index (χ1v) is 11.2. The Morgan fingerprint density at radius 3 is 1.50 bits per heavy atom. The molecule has 0 radical (unpaired) electrons. The summed E-state index contributed by atoms with van der Waals surface area (Å²) in [5.74, 6) is 0. The molecule has 0 bridgehead atoms.